The van der Waals surface area contributed by atoms with Gasteiger partial charge in [0.25, 0.3) is 0 Å². The number of carboxylic acid groups (broad SMARTS) is 1. The zero-order valence-electron chi connectivity index (χ0n) is 11.8. The molecule has 0 aromatic heterocycles. The lowest BCUT2D eigenvalue weighted by Gasteiger charge is -2.37. The van der Waals surface area contributed by atoms with Crippen LogP contribution in [-0.4, -0.2) is 34.4 Å². The molecule has 2 N–H and O–H groups in total. The Morgan fingerprint density at radius 2 is 1.94 bits per heavy atom. The molecule has 0 radical (unpaired) electrons. The third-order valence-corrected chi connectivity index (χ3v) is 4.35. The van der Waals surface area contributed by atoms with E-state index in [9.17, 15) is 4.79 Å². The Balaban J connectivity index is 2.09. The molecule has 2 aliphatic heterocycles. The van der Waals surface area contributed by atoms with Crippen LogP contribution in [0.2, 0.25) is 0 Å². The SMILES string of the molecule is CC1(C)CC(C2CCCC(C(=O)O)N2)C(C)(C)O1. The lowest BCUT2D eigenvalue weighted by molar-refractivity contribution is -0.141. The fraction of sp³-hybridized carbons (Fsp3) is 0.929. The monoisotopic (exact) mass is 255 g/mol. The zero-order valence-corrected chi connectivity index (χ0v) is 11.8. The van der Waals surface area contributed by atoms with E-state index in [1.54, 1.807) is 0 Å². The van der Waals surface area contributed by atoms with Crippen molar-refractivity contribution in [1.82, 2.24) is 5.32 Å². The first-order chi connectivity index (χ1) is 8.21. The predicted molar refractivity (Wildman–Crippen MR) is 69.5 cm³/mol. The van der Waals surface area contributed by atoms with Crippen molar-refractivity contribution >= 4 is 5.97 Å². The normalized spacial score (nSPS) is 38.6. The van der Waals surface area contributed by atoms with Crippen molar-refractivity contribution in [3.8, 4) is 0 Å². The van der Waals surface area contributed by atoms with Gasteiger partial charge in [-0.15, -0.1) is 0 Å². The standard InChI is InChI=1S/C14H25NO3/c1-13(2)8-9(14(3,4)18-13)10-6-5-7-11(15-10)12(16)17/h9-11,15H,5-8H2,1-4H3,(H,16,17). The first kappa shape index (κ1) is 13.8. The quantitative estimate of drug-likeness (QED) is 0.794. The van der Waals surface area contributed by atoms with Gasteiger partial charge in [0.15, 0.2) is 0 Å². The molecule has 4 nitrogen and oxygen atoms in total. The van der Waals surface area contributed by atoms with Gasteiger partial charge in [-0.25, -0.2) is 0 Å². The van der Waals surface area contributed by atoms with Crippen LogP contribution in [0.25, 0.3) is 0 Å². The van der Waals surface area contributed by atoms with Gasteiger partial charge in [-0.2, -0.15) is 0 Å². The summed E-state index contributed by atoms with van der Waals surface area (Å²) in [5.74, 6) is -0.342. The van der Waals surface area contributed by atoms with Crippen molar-refractivity contribution in [2.45, 2.75) is 76.7 Å². The van der Waals surface area contributed by atoms with E-state index in [1.807, 2.05) is 0 Å². The molecular weight excluding hydrogens is 230 g/mol. The van der Waals surface area contributed by atoms with Gasteiger partial charge in [0.1, 0.15) is 6.04 Å². The molecule has 0 aromatic rings. The van der Waals surface area contributed by atoms with Crippen molar-refractivity contribution in [3.63, 3.8) is 0 Å². The van der Waals surface area contributed by atoms with Gasteiger partial charge in [-0.1, -0.05) is 0 Å². The number of hydrogen-bond donors (Lipinski definition) is 2. The van der Waals surface area contributed by atoms with E-state index in [1.165, 1.54) is 0 Å². The molecule has 2 fully saturated rings. The maximum atomic E-state index is 11.1. The minimum Gasteiger partial charge on any atom is -0.480 e. The molecule has 3 unspecified atom stereocenters. The molecule has 2 saturated heterocycles. The summed E-state index contributed by atoms with van der Waals surface area (Å²) in [6, 6.07) is -0.125. The molecule has 18 heavy (non-hydrogen) atoms. The Morgan fingerprint density at radius 1 is 1.28 bits per heavy atom. The van der Waals surface area contributed by atoms with Crippen molar-refractivity contribution in [3.05, 3.63) is 0 Å². The molecule has 104 valence electrons. The number of aliphatic carboxylic acids is 1. The Labute approximate surface area is 109 Å². The van der Waals surface area contributed by atoms with Crippen molar-refractivity contribution in [2.24, 2.45) is 5.92 Å². The second-order valence-corrected chi connectivity index (χ2v) is 6.87. The first-order valence-corrected chi connectivity index (χ1v) is 6.90. The van der Waals surface area contributed by atoms with Gasteiger partial charge in [0, 0.05) is 12.0 Å². The van der Waals surface area contributed by atoms with Crippen LogP contribution in [0.1, 0.15) is 53.4 Å². The van der Waals surface area contributed by atoms with Crippen LogP contribution in [0.3, 0.4) is 0 Å². The lowest BCUT2D eigenvalue weighted by atomic mass is 9.78. The summed E-state index contributed by atoms with van der Waals surface area (Å²) in [5.41, 5.74) is -0.284. The molecule has 2 heterocycles. The second-order valence-electron chi connectivity index (χ2n) is 6.87. The molecule has 0 aromatic carbocycles. The van der Waals surface area contributed by atoms with Gasteiger partial charge in [0.05, 0.1) is 11.2 Å². The number of rotatable bonds is 2. The van der Waals surface area contributed by atoms with Gasteiger partial charge in [-0.05, 0) is 53.4 Å². The molecule has 0 amide bonds. The highest BCUT2D eigenvalue weighted by atomic mass is 16.5. The lowest BCUT2D eigenvalue weighted by Crippen LogP contribution is -2.53. The summed E-state index contributed by atoms with van der Waals surface area (Å²) in [6.45, 7) is 8.48. The van der Waals surface area contributed by atoms with E-state index in [4.69, 9.17) is 9.84 Å². The van der Waals surface area contributed by atoms with E-state index in [0.717, 1.165) is 25.7 Å². The van der Waals surface area contributed by atoms with Crippen LogP contribution >= 0.6 is 0 Å². The number of carboxylic acids is 1. The van der Waals surface area contributed by atoms with Crippen LogP contribution < -0.4 is 5.32 Å². The number of hydrogen-bond acceptors (Lipinski definition) is 3. The van der Waals surface area contributed by atoms with Crippen LogP contribution in [-0.2, 0) is 9.53 Å². The molecule has 2 aliphatic rings. The topological polar surface area (TPSA) is 58.6 Å². The van der Waals surface area contributed by atoms with E-state index >= 15 is 0 Å². The molecular formula is C14H25NO3. The summed E-state index contributed by atoms with van der Waals surface area (Å²) in [6.07, 6.45) is 3.77. The van der Waals surface area contributed by atoms with Gasteiger partial charge in [0.2, 0.25) is 0 Å². The Kier molecular flexibility index (Phi) is 3.45. The summed E-state index contributed by atoms with van der Waals surface area (Å²) in [7, 11) is 0. The third-order valence-electron chi connectivity index (χ3n) is 4.35. The molecule has 0 saturated carbocycles. The Hall–Kier alpha value is -0.610. The third kappa shape index (κ3) is 2.69. The minimum absolute atomic E-state index is 0.105. The maximum absolute atomic E-state index is 11.1. The molecule has 3 atom stereocenters. The fourth-order valence-electron chi connectivity index (χ4n) is 3.71. The maximum Gasteiger partial charge on any atom is 0.320 e. The van der Waals surface area contributed by atoms with E-state index in [-0.39, 0.29) is 23.3 Å². The van der Waals surface area contributed by atoms with Crippen LogP contribution in [0.15, 0.2) is 0 Å². The van der Waals surface area contributed by atoms with Gasteiger partial charge < -0.3 is 15.2 Å². The molecule has 0 aliphatic carbocycles. The Bertz CT molecular complexity index is 338. The molecule has 0 spiro atoms. The van der Waals surface area contributed by atoms with Gasteiger partial charge >= 0.3 is 5.97 Å². The number of nitrogens with one attached hydrogen (secondary N) is 1. The average Bonchev–Trinajstić information content (AvgIpc) is 2.47. The van der Waals surface area contributed by atoms with Crippen LogP contribution in [0.4, 0.5) is 0 Å². The van der Waals surface area contributed by atoms with Crippen molar-refractivity contribution < 1.29 is 14.6 Å². The highest BCUT2D eigenvalue weighted by Crippen LogP contribution is 2.45. The Morgan fingerprint density at radius 3 is 2.44 bits per heavy atom. The minimum atomic E-state index is -0.726. The van der Waals surface area contributed by atoms with Gasteiger partial charge in [-0.3, -0.25) is 4.79 Å². The van der Waals surface area contributed by atoms with Crippen molar-refractivity contribution in [1.29, 1.82) is 0 Å². The van der Waals surface area contributed by atoms with E-state index in [2.05, 4.69) is 33.0 Å². The zero-order chi connectivity index (χ0) is 13.6. The molecule has 4 heteroatoms. The van der Waals surface area contributed by atoms with Crippen LogP contribution in [0.5, 0.6) is 0 Å². The number of ether oxygens (including phenoxy) is 1. The fourth-order valence-corrected chi connectivity index (χ4v) is 3.71. The molecule has 0 bridgehead atoms. The largest absolute Gasteiger partial charge is 0.480 e. The van der Waals surface area contributed by atoms with Crippen LogP contribution in [0, 0.1) is 5.92 Å². The van der Waals surface area contributed by atoms with E-state index < -0.39 is 5.97 Å². The van der Waals surface area contributed by atoms with Crippen molar-refractivity contribution in [2.75, 3.05) is 0 Å². The average molecular weight is 255 g/mol. The summed E-state index contributed by atoms with van der Waals surface area (Å²) in [5, 5.41) is 12.4. The first-order valence-electron chi connectivity index (χ1n) is 6.90. The summed E-state index contributed by atoms with van der Waals surface area (Å²) in [4.78, 5) is 11.1. The predicted octanol–water partition coefficient (Wildman–Crippen LogP) is 2.18. The number of piperidine rings is 1. The van der Waals surface area contributed by atoms with E-state index in [0.29, 0.717) is 5.92 Å². The summed E-state index contributed by atoms with van der Waals surface area (Å²) >= 11 is 0. The highest BCUT2D eigenvalue weighted by molar-refractivity contribution is 5.73. The summed E-state index contributed by atoms with van der Waals surface area (Å²) < 4.78 is 6.11. The molecule has 2 rings (SSSR count). The highest BCUT2D eigenvalue weighted by Gasteiger charge is 2.49. The second kappa shape index (κ2) is 4.49. The number of carbonyl (C=O) groups is 1. The smallest absolute Gasteiger partial charge is 0.320 e.